The van der Waals surface area contributed by atoms with Gasteiger partial charge in [-0.2, -0.15) is 0 Å². The van der Waals surface area contributed by atoms with E-state index in [1.165, 1.54) is 0 Å². The number of morpholine rings is 1. The van der Waals surface area contributed by atoms with Gasteiger partial charge in [-0.1, -0.05) is 12.1 Å². The summed E-state index contributed by atoms with van der Waals surface area (Å²) in [6.45, 7) is 4.88. The van der Waals surface area contributed by atoms with Gasteiger partial charge in [0, 0.05) is 26.2 Å². The first-order valence-electron chi connectivity index (χ1n) is 6.86. The highest BCUT2D eigenvalue weighted by atomic mass is 16.5. The number of aromatic amines is 1. The predicted octanol–water partition coefficient (Wildman–Crippen LogP) is 0.625. The number of nitrogens with one attached hydrogen (secondary N) is 2. The summed E-state index contributed by atoms with van der Waals surface area (Å²) in [6.07, 6.45) is 0. The Kier molecular flexibility index (Phi) is 3.94. The van der Waals surface area contributed by atoms with E-state index in [9.17, 15) is 4.79 Å². The Labute approximate surface area is 117 Å². The Bertz CT molecular complexity index is 557. The lowest BCUT2D eigenvalue weighted by molar-refractivity contribution is 0.0383. The molecule has 2 aromatic rings. The number of rotatable bonds is 4. The van der Waals surface area contributed by atoms with Crippen LogP contribution in [0, 0.1) is 0 Å². The number of benzene rings is 1. The fourth-order valence-corrected chi connectivity index (χ4v) is 2.30. The number of aromatic nitrogens is 2. The molecule has 0 saturated carbocycles. The molecule has 2 N–H and O–H groups in total. The van der Waals surface area contributed by atoms with E-state index in [-0.39, 0.29) is 5.91 Å². The third kappa shape index (κ3) is 2.97. The first-order chi connectivity index (χ1) is 9.83. The fraction of sp³-hybridized carbons (Fsp3) is 0.429. The monoisotopic (exact) mass is 274 g/mol. The van der Waals surface area contributed by atoms with Crippen LogP contribution in [0.2, 0.25) is 0 Å². The lowest BCUT2D eigenvalue weighted by atomic mass is 10.3. The van der Waals surface area contributed by atoms with Crippen molar-refractivity contribution in [2.24, 2.45) is 0 Å². The molecule has 1 saturated heterocycles. The second-order valence-corrected chi connectivity index (χ2v) is 4.81. The molecule has 3 rings (SSSR count). The minimum absolute atomic E-state index is 0.158. The van der Waals surface area contributed by atoms with Crippen LogP contribution in [-0.4, -0.2) is 60.2 Å². The topological polar surface area (TPSA) is 70.2 Å². The maximum Gasteiger partial charge on any atom is 0.287 e. The standard InChI is InChI=1S/C14H18N4O2/c19-14(15-5-6-18-7-9-20-10-8-18)13-16-11-3-1-2-4-12(11)17-13/h1-4H,5-10H2,(H,15,19)(H,16,17). The average molecular weight is 274 g/mol. The number of carbonyl (C=O) groups is 1. The van der Waals surface area contributed by atoms with Crippen molar-refractivity contribution < 1.29 is 9.53 Å². The second kappa shape index (κ2) is 6.02. The molecule has 1 aromatic carbocycles. The maximum absolute atomic E-state index is 12.0. The van der Waals surface area contributed by atoms with Crippen LogP contribution in [0.5, 0.6) is 0 Å². The molecule has 0 unspecified atom stereocenters. The van der Waals surface area contributed by atoms with Crippen molar-refractivity contribution in [3.63, 3.8) is 0 Å². The minimum atomic E-state index is -0.158. The van der Waals surface area contributed by atoms with E-state index in [2.05, 4.69) is 20.2 Å². The Morgan fingerprint density at radius 3 is 2.95 bits per heavy atom. The predicted molar refractivity (Wildman–Crippen MR) is 75.7 cm³/mol. The van der Waals surface area contributed by atoms with Crippen LogP contribution in [0.1, 0.15) is 10.6 Å². The van der Waals surface area contributed by atoms with Gasteiger partial charge in [-0.25, -0.2) is 4.98 Å². The van der Waals surface area contributed by atoms with Crippen molar-refractivity contribution in [3.8, 4) is 0 Å². The molecule has 0 bridgehead atoms. The normalized spacial score (nSPS) is 16.4. The Morgan fingerprint density at radius 1 is 1.35 bits per heavy atom. The number of nitrogens with zero attached hydrogens (tertiary/aromatic N) is 2. The van der Waals surface area contributed by atoms with Gasteiger partial charge in [0.2, 0.25) is 0 Å². The average Bonchev–Trinajstić information content (AvgIpc) is 2.92. The molecule has 1 aromatic heterocycles. The number of H-pyrrole nitrogens is 1. The van der Waals surface area contributed by atoms with Crippen LogP contribution < -0.4 is 5.32 Å². The summed E-state index contributed by atoms with van der Waals surface area (Å²) in [5.74, 6) is 0.211. The van der Waals surface area contributed by atoms with Gasteiger partial charge >= 0.3 is 0 Å². The minimum Gasteiger partial charge on any atom is -0.379 e. The van der Waals surface area contributed by atoms with Crippen LogP contribution >= 0.6 is 0 Å². The summed E-state index contributed by atoms with van der Waals surface area (Å²) in [4.78, 5) is 21.6. The quantitative estimate of drug-likeness (QED) is 0.857. The number of ether oxygens (including phenoxy) is 1. The number of fused-ring (bicyclic) bond motifs is 1. The van der Waals surface area contributed by atoms with Gasteiger partial charge in [-0.05, 0) is 12.1 Å². The summed E-state index contributed by atoms with van der Waals surface area (Å²) in [6, 6.07) is 7.62. The third-order valence-electron chi connectivity index (χ3n) is 3.42. The second-order valence-electron chi connectivity index (χ2n) is 4.81. The lowest BCUT2D eigenvalue weighted by Gasteiger charge is -2.26. The van der Waals surface area contributed by atoms with E-state index >= 15 is 0 Å². The van der Waals surface area contributed by atoms with Crippen LogP contribution in [-0.2, 0) is 4.74 Å². The summed E-state index contributed by atoms with van der Waals surface area (Å²) in [5, 5.41) is 2.89. The Hall–Kier alpha value is -1.92. The number of para-hydroxylation sites is 2. The van der Waals surface area contributed by atoms with Crippen LogP contribution in [0.15, 0.2) is 24.3 Å². The molecular formula is C14H18N4O2. The van der Waals surface area contributed by atoms with Crippen molar-refractivity contribution >= 4 is 16.9 Å². The van der Waals surface area contributed by atoms with E-state index in [1.54, 1.807) is 0 Å². The number of imidazole rings is 1. The lowest BCUT2D eigenvalue weighted by Crippen LogP contribution is -2.41. The van der Waals surface area contributed by atoms with Gasteiger partial charge in [-0.15, -0.1) is 0 Å². The Morgan fingerprint density at radius 2 is 2.15 bits per heavy atom. The first kappa shape index (κ1) is 13.1. The number of hydrogen-bond donors (Lipinski definition) is 2. The van der Waals surface area contributed by atoms with Crippen molar-refractivity contribution in [2.75, 3.05) is 39.4 Å². The van der Waals surface area contributed by atoms with E-state index < -0.39 is 0 Å². The molecule has 1 aliphatic rings. The highest BCUT2D eigenvalue weighted by molar-refractivity contribution is 5.94. The van der Waals surface area contributed by atoms with E-state index in [0.29, 0.717) is 12.4 Å². The number of carbonyl (C=O) groups excluding carboxylic acids is 1. The summed E-state index contributed by atoms with van der Waals surface area (Å²) in [7, 11) is 0. The summed E-state index contributed by atoms with van der Waals surface area (Å²) in [5.41, 5.74) is 1.69. The zero-order chi connectivity index (χ0) is 13.8. The molecule has 0 atom stereocenters. The van der Waals surface area contributed by atoms with Crippen molar-refractivity contribution in [2.45, 2.75) is 0 Å². The zero-order valence-electron chi connectivity index (χ0n) is 11.3. The Balaban J connectivity index is 1.53. The van der Waals surface area contributed by atoms with Crippen molar-refractivity contribution in [1.29, 1.82) is 0 Å². The molecule has 6 nitrogen and oxygen atoms in total. The molecule has 0 aliphatic carbocycles. The summed E-state index contributed by atoms with van der Waals surface area (Å²) < 4.78 is 5.29. The van der Waals surface area contributed by atoms with E-state index in [4.69, 9.17) is 4.74 Å². The molecule has 1 aliphatic heterocycles. The molecular weight excluding hydrogens is 256 g/mol. The number of amides is 1. The van der Waals surface area contributed by atoms with Crippen LogP contribution in [0.25, 0.3) is 11.0 Å². The molecule has 6 heteroatoms. The van der Waals surface area contributed by atoms with Gasteiger partial charge in [0.1, 0.15) is 0 Å². The molecule has 20 heavy (non-hydrogen) atoms. The maximum atomic E-state index is 12.0. The molecule has 1 fully saturated rings. The van der Waals surface area contributed by atoms with Crippen molar-refractivity contribution in [1.82, 2.24) is 20.2 Å². The van der Waals surface area contributed by atoms with Crippen LogP contribution in [0.4, 0.5) is 0 Å². The van der Waals surface area contributed by atoms with Gasteiger partial charge in [0.25, 0.3) is 5.91 Å². The third-order valence-corrected chi connectivity index (χ3v) is 3.42. The van der Waals surface area contributed by atoms with E-state index in [1.807, 2.05) is 24.3 Å². The highest BCUT2D eigenvalue weighted by Crippen LogP contribution is 2.09. The zero-order valence-corrected chi connectivity index (χ0v) is 11.3. The van der Waals surface area contributed by atoms with E-state index in [0.717, 1.165) is 43.9 Å². The van der Waals surface area contributed by atoms with Gasteiger partial charge < -0.3 is 15.0 Å². The highest BCUT2D eigenvalue weighted by Gasteiger charge is 2.13. The molecule has 106 valence electrons. The largest absolute Gasteiger partial charge is 0.379 e. The van der Waals surface area contributed by atoms with Gasteiger partial charge in [0.15, 0.2) is 5.82 Å². The molecule has 2 heterocycles. The first-order valence-corrected chi connectivity index (χ1v) is 6.86. The molecule has 1 amide bonds. The molecule has 0 spiro atoms. The van der Waals surface area contributed by atoms with Crippen molar-refractivity contribution in [3.05, 3.63) is 30.1 Å². The fourth-order valence-electron chi connectivity index (χ4n) is 2.30. The van der Waals surface area contributed by atoms with Gasteiger partial charge in [-0.3, -0.25) is 9.69 Å². The SMILES string of the molecule is O=C(NCCN1CCOCC1)c1nc2ccccc2[nH]1. The van der Waals surface area contributed by atoms with Crippen LogP contribution in [0.3, 0.4) is 0 Å². The smallest absolute Gasteiger partial charge is 0.287 e. The summed E-state index contributed by atoms with van der Waals surface area (Å²) >= 11 is 0. The van der Waals surface area contributed by atoms with Gasteiger partial charge in [0.05, 0.1) is 24.2 Å². The number of hydrogen-bond acceptors (Lipinski definition) is 4. The molecule has 0 radical (unpaired) electrons.